The Morgan fingerprint density at radius 1 is 1.15 bits per heavy atom. The van der Waals surface area contributed by atoms with Crippen LogP contribution < -0.4 is 5.69 Å². The molecule has 4 rings (SSSR count). The van der Waals surface area contributed by atoms with Crippen LogP contribution in [0.1, 0.15) is 61.8 Å². The fourth-order valence-corrected chi connectivity index (χ4v) is 4.71. The van der Waals surface area contributed by atoms with Crippen LogP contribution >= 0.6 is 0 Å². The van der Waals surface area contributed by atoms with Crippen LogP contribution in [0.3, 0.4) is 0 Å². The first kappa shape index (κ1) is 17.8. The minimum Gasteiger partial charge on any atom is -0.481 e. The number of carboxylic acid groups (broad SMARTS) is 1. The number of fused-ring (bicyclic) bond motifs is 1. The van der Waals surface area contributed by atoms with E-state index in [9.17, 15) is 19.5 Å². The number of likely N-dealkylation sites (tertiary alicyclic amines) is 1. The summed E-state index contributed by atoms with van der Waals surface area (Å²) in [6, 6.07) is 5.19. The molecular formula is C20H25N3O4. The zero-order chi connectivity index (χ0) is 19.1. The molecule has 1 amide bonds. The monoisotopic (exact) mass is 371 g/mol. The van der Waals surface area contributed by atoms with Crippen molar-refractivity contribution in [2.24, 2.45) is 5.92 Å². The maximum Gasteiger partial charge on any atom is 0.326 e. The molecule has 2 atom stereocenters. The maximum absolute atomic E-state index is 13.0. The summed E-state index contributed by atoms with van der Waals surface area (Å²) < 4.78 is 1.82. The lowest BCUT2D eigenvalue weighted by Gasteiger charge is -2.37. The van der Waals surface area contributed by atoms with Gasteiger partial charge in [0, 0.05) is 24.2 Å². The third-order valence-corrected chi connectivity index (χ3v) is 6.22. The Labute approximate surface area is 157 Å². The number of aromatic nitrogens is 2. The van der Waals surface area contributed by atoms with Gasteiger partial charge in [0.1, 0.15) is 0 Å². The number of benzene rings is 1. The van der Waals surface area contributed by atoms with Crippen LogP contribution in [-0.4, -0.2) is 44.0 Å². The fourth-order valence-electron chi connectivity index (χ4n) is 4.71. The minimum absolute atomic E-state index is 0.126. The second-order valence-corrected chi connectivity index (χ2v) is 7.80. The van der Waals surface area contributed by atoms with Crippen LogP contribution in [0.15, 0.2) is 23.0 Å². The van der Waals surface area contributed by atoms with E-state index in [0.29, 0.717) is 30.5 Å². The van der Waals surface area contributed by atoms with Crippen LogP contribution in [0, 0.1) is 5.92 Å². The molecule has 0 bridgehead atoms. The van der Waals surface area contributed by atoms with E-state index < -0.39 is 11.9 Å². The number of carboxylic acids is 1. The smallest absolute Gasteiger partial charge is 0.326 e. The second-order valence-electron chi connectivity index (χ2n) is 7.80. The fraction of sp³-hybridized carbons (Fsp3) is 0.550. The van der Waals surface area contributed by atoms with Gasteiger partial charge in [0.05, 0.1) is 17.0 Å². The zero-order valence-electron chi connectivity index (χ0n) is 15.5. The van der Waals surface area contributed by atoms with Gasteiger partial charge >= 0.3 is 11.7 Å². The third-order valence-electron chi connectivity index (χ3n) is 6.22. The highest BCUT2D eigenvalue weighted by Crippen LogP contribution is 2.31. The Bertz CT molecular complexity index is 938. The third kappa shape index (κ3) is 3.05. The molecule has 1 aromatic carbocycles. The molecule has 2 fully saturated rings. The highest BCUT2D eigenvalue weighted by Gasteiger charge is 2.35. The summed E-state index contributed by atoms with van der Waals surface area (Å²) >= 11 is 0. The van der Waals surface area contributed by atoms with Crippen molar-refractivity contribution in [2.45, 2.75) is 57.5 Å². The lowest BCUT2D eigenvalue weighted by atomic mass is 9.90. The van der Waals surface area contributed by atoms with Gasteiger partial charge in [-0.15, -0.1) is 0 Å². The molecule has 1 saturated heterocycles. The Balaban J connectivity index is 1.65. The van der Waals surface area contributed by atoms with Crippen molar-refractivity contribution in [2.75, 3.05) is 6.54 Å². The predicted molar refractivity (Wildman–Crippen MR) is 101 cm³/mol. The highest BCUT2D eigenvalue weighted by molar-refractivity contribution is 5.98. The summed E-state index contributed by atoms with van der Waals surface area (Å²) in [5, 5.41) is 9.38. The molecule has 2 N–H and O–H groups in total. The van der Waals surface area contributed by atoms with E-state index in [2.05, 4.69) is 4.98 Å². The van der Waals surface area contributed by atoms with Gasteiger partial charge < -0.3 is 15.0 Å². The van der Waals surface area contributed by atoms with Crippen LogP contribution in [0.2, 0.25) is 0 Å². The number of nitrogens with one attached hydrogen (secondary N) is 1. The van der Waals surface area contributed by atoms with Gasteiger partial charge in [-0.2, -0.15) is 0 Å². The Morgan fingerprint density at radius 2 is 1.89 bits per heavy atom. The number of hydrogen-bond donors (Lipinski definition) is 2. The van der Waals surface area contributed by atoms with Gasteiger partial charge in [-0.25, -0.2) is 4.79 Å². The highest BCUT2D eigenvalue weighted by atomic mass is 16.4. The van der Waals surface area contributed by atoms with Crippen LogP contribution in [-0.2, 0) is 4.79 Å². The van der Waals surface area contributed by atoms with E-state index >= 15 is 0 Å². The predicted octanol–water partition coefficient (Wildman–Crippen LogP) is 2.77. The quantitative estimate of drug-likeness (QED) is 0.867. The average Bonchev–Trinajstić information content (AvgIpc) is 3.26. The molecule has 7 nitrogen and oxygen atoms in total. The molecule has 1 aromatic heterocycles. The molecule has 0 radical (unpaired) electrons. The number of H-pyrrole nitrogens is 1. The first-order valence-electron chi connectivity index (χ1n) is 9.75. The second kappa shape index (κ2) is 6.87. The number of hydrogen-bond acceptors (Lipinski definition) is 3. The molecule has 27 heavy (non-hydrogen) atoms. The van der Waals surface area contributed by atoms with Gasteiger partial charge in [-0.1, -0.05) is 12.8 Å². The number of aromatic amines is 1. The molecule has 1 aliphatic heterocycles. The number of piperidine rings is 1. The first-order chi connectivity index (χ1) is 13.0. The van der Waals surface area contributed by atoms with Crippen molar-refractivity contribution in [3.8, 4) is 0 Å². The first-order valence-corrected chi connectivity index (χ1v) is 9.75. The Morgan fingerprint density at radius 3 is 2.59 bits per heavy atom. The number of carbonyl (C=O) groups excluding carboxylic acids is 1. The maximum atomic E-state index is 13.0. The van der Waals surface area contributed by atoms with Gasteiger partial charge in [0.2, 0.25) is 0 Å². The molecule has 7 heteroatoms. The van der Waals surface area contributed by atoms with Gasteiger partial charge in [-0.05, 0) is 50.8 Å². The van der Waals surface area contributed by atoms with Crippen LogP contribution in [0.5, 0.6) is 0 Å². The molecular weight excluding hydrogens is 346 g/mol. The van der Waals surface area contributed by atoms with Crippen LogP contribution in [0.4, 0.5) is 0 Å². The molecule has 0 spiro atoms. The topological polar surface area (TPSA) is 95.4 Å². The van der Waals surface area contributed by atoms with E-state index in [1.54, 1.807) is 24.0 Å². The number of rotatable bonds is 3. The Kier molecular flexibility index (Phi) is 4.53. The number of carbonyl (C=O) groups is 2. The molecule has 2 aromatic rings. The van der Waals surface area contributed by atoms with Gasteiger partial charge in [0.25, 0.3) is 5.91 Å². The normalized spacial score (nSPS) is 23.8. The summed E-state index contributed by atoms with van der Waals surface area (Å²) in [6.07, 6.45) is 5.57. The van der Waals surface area contributed by atoms with Crippen molar-refractivity contribution in [1.82, 2.24) is 14.5 Å². The molecule has 2 aliphatic rings. The lowest BCUT2D eigenvalue weighted by Crippen LogP contribution is -2.49. The molecule has 0 unspecified atom stereocenters. The van der Waals surface area contributed by atoms with E-state index in [1.807, 2.05) is 10.6 Å². The summed E-state index contributed by atoms with van der Waals surface area (Å²) in [5.74, 6) is -1.56. The molecule has 2 heterocycles. The lowest BCUT2D eigenvalue weighted by molar-refractivity contribution is -0.144. The van der Waals surface area contributed by atoms with E-state index in [0.717, 1.165) is 31.2 Å². The van der Waals surface area contributed by atoms with Crippen molar-refractivity contribution in [3.63, 3.8) is 0 Å². The molecule has 144 valence electrons. The standard InChI is InChI=1S/C20H25N3O4/c1-12-15(19(25)26)7-4-10-22(12)18(24)13-8-9-17-16(11-13)21-20(27)23(17)14-5-2-3-6-14/h8-9,11-12,14-15H,2-7,10H2,1H3,(H,21,27)(H,25,26)/t12-,15-/m1/s1. The summed E-state index contributed by atoms with van der Waals surface area (Å²) in [6.45, 7) is 2.36. The zero-order valence-corrected chi connectivity index (χ0v) is 15.5. The number of aliphatic carboxylic acids is 1. The van der Waals surface area contributed by atoms with Crippen LogP contribution in [0.25, 0.3) is 11.0 Å². The largest absolute Gasteiger partial charge is 0.481 e. The molecule has 1 saturated carbocycles. The van der Waals surface area contributed by atoms with Crippen molar-refractivity contribution < 1.29 is 14.7 Å². The summed E-state index contributed by atoms with van der Waals surface area (Å²) in [4.78, 5) is 41.4. The number of amides is 1. The number of imidazole rings is 1. The van der Waals surface area contributed by atoms with E-state index in [-0.39, 0.29) is 23.7 Å². The average molecular weight is 371 g/mol. The van der Waals surface area contributed by atoms with E-state index in [1.165, 1.54) is 0 Å². The minimum atomic E-state index is -0.853. The summed E-state index contributed by atoms with van der Waals surface area (Å²) in [7, 11) is 0. The van der Waals surface area contributed by atoms with E-state index in [4.69, 9.17) is 0 Å². The Hall–Kier alpha value is -2.57. The SMILES string of the molecule is C[C@@H]1[C@H](C(=O)O)CCCN1C(=O)c1ccc2c(c1)[nH]c(=O)n2C1CCCC1. The van der Waals surface area contributed by atoms with Crippen molar-refractivity contribution in [1.29, 1.82) is 0 Å². The van der Waals surface area contributed by atoms with Crippen molar-refractivity contribution in [3.05, 3.63) is 34.2 Å². The molecule has 1 aliphatic carbocycles. The number of nitrogens with zero attached hydrogens (tertiary/aromatic N) is 2. The summed E-state index contributed by atoms with van der Waals surface area (Å²) in [5.41, 5.74) is 1.86. The van der Waals surface area contributed by atoms with Crippen molar-refractivity contribution >= 4 is 22.9 Å². The van der Waals surface area contributed by atoms with Gasteiger partial charge in [-0.3, -0.25) is 14.2 Å². The van der Waals surface area contributed by atoms with Gasteiger partial charge in [0.15, 0.2) is 0 Å².